The average Bonchev–Trinajstić information content (AvgIpc) is 2.11. The smallest absolute Gasteiger partial charge is 0.483 e. The van der Waals surface area contributed by atoms with Crippen LogP contribution in [0.1, 0.15) is 6.92 Å². The van der Waals surface area contributed by atoms with E-state index in [2.05, 4.69) is 11.1 Å². The van der Waals surface area contributed by atoms with Crippen molar-refractivity contribution in [2.45, 2.75) is 13.2 Å². The van der Waals surface area contributed by atoms with E-state index >= 15 is 0 Å². The van der Waals surface area contributed by atoms with E-state index in [4.69, 9.17) is 14.9 Å². The molecule has 0 aliphatic rings. The van der Waals surface area contributed by atoms with Gasteiger partial charge >= 0.3 is 8.25 Å². The number of ether oxygens (including phenoxy) is 1. The predicted molar refractivity (Wildman–Crippen MR) is 48.8 cm³/mol. The normalized spacial score (nSPS) is 12.6. The fourth-order valence-corrected chi connectivity index (χ4v) is 1.18. The quantitative estimate of drug-likeness (QED) is 0.310. The van der Waals surface area contributed by atoms with Gasteiger partial charge in [-0.2, -0.15) is 5.26 Å². The molecule has 0 spiro atoms. The molecule has 0 aromatic heterocycles. The number of rotatable bonds is 6. The summed E-state index contributed by atoms with van der Waals surface area (Å²) >= 11 is 0. The Bertz CT molecular complexity index is 263. The Hall–Kier alpha value is -1.15. The van der Waals surface area contributed by atoms with Crippen LogP contribution in [0.3, 0.4) is 0 Å². The average molecular weight is 219 g/mol. The molecule has 0 saturated heterocycles. The maximum atomic E-state index is 10.4. The van der Waals surface area contributed by atoms with Gasteiger partial charge < -0.3 is 9.64 Å². The summed E-state index contributed by atoms with van der Waals surface area (Å²) in [5.41, 5.74) is 0. The van der Waals surface area contributed by atoms with Crippen LogP contribution in [0, 0.1) is 11.3 Å². The number of hydrogen-bond acceptors (Lipinski definition) is 5. The highest BCUT2D eigenvalue weighted by molar-refractivity contribution is 7.32. The third-order valence-corrected chi connectivity index (χ3v) is 1.96. The highest BCUT2D eigenvalue weighted by atomic mass is 31.1. The molecule has 0 saturated carbocycles. The molecule has 0 aromatic rings. The summed E-state index contributed by atoms with van der Waals surface area (Å²) < 4.78 is 19.8. The first kappa shape index (κ1) is 12.8. The van der Waals surface area contributed by atoms with E-state index in [1.54, 1.807) is 0 Å². The van der Waals surface area contributed by atoms with Crippen LogP contribution in [0.15, 0.2) is 12.5 Å². The highest BCUT2D eigenvalue weighted by Gasteiger charge is 2.26. The van der Waals surface area contributed by atoms with Gasteiger partial charge in [0.1, 0.15) is 6.54 Å². The van der Waals surface area contributed by atoms with Crippen LogP contribution in [-0.2, 0) is 13.8 Å². The first-order chi connectivity index (χ1) is 6.52. The molecular formula is C7H12N2O4P+. The molecule has 0 radical (unpaired) electrons. The molecule has 2 atom stereocenters. The minimum Gasteiger partial charge on any atom is -0.483 e. The molecule has 14 heavy (non-hydrogen) atoms. The van der Waals surface area contributed by atoms with Crippen LogP contribution in [0.2, 0.25) is 0 Å². The van der Waals surface area contributed by atoms with E-state index in [1.807, 2.05) is 6.07 Å². The van der Waals surface area contributed by atoms with Crippen molar-refractivity contribution in [2.75, 3.05) is 13.7 Å². The summed E-state index contributed by atoms with van der Waals surface area (Å²) in [7, 11) is -1.32. The largest absolute Gasteiger partial charge is 0.696 e. The molecule has 0 rings (SSSR count). The molecule has 0 bridgehead atoms. The fourth-order valence-electron chi connectivity index (χ4n) is 0.800. The van der Waals surface area contributed by atoms with Gasteiger partial charge in [0.2, 0.25) is 0 Å². The molecule has 6 nitrogen and oxygen atoms in total. The Morgan fingerprint density at radius 1 is 1.86 bits per heavy atom. The third kappa shape index (κ3) is 4.19. The lowest BCUT2D eigenvalue weighted by molar-refractivity contribution is 0.0262. The molecular weight excluding hydrogens is 207 g/mol. The molecule has 0 aliphatic heterocycles. The molecule has 1 N–H and O–H groups in total. The monoisotopic (exact) mass is 219 g/mol. The summed E-state index contributed by atoms with van der Waals surface area (Å²) in [4.78, 5) is 9.82. The zero-order valence-electron chi connectivity index (χ0n) is 8.01. The van der Waals surface area contributed by atoms with Crippen LogP contribution in [-0.4, -0.2) is 29.7 Å². The third-order valence-electron chi connectivity index (χ3n) is 1.48. The topological polar surface area (TPSA) is 82.8 Å². The zero-order chi connectivity index (χ0) is 11.1. The first-order valence-electron chi connectivity index (χ1n) is 3.72. The number of methoxy groups -OCH3 is 1. The van der Waals surface area contributed by atoms with Crippen LogP contribution in [0.4, 0.5) is 0 Å². The zero-order valence-corrected chi connectivity index (χ0v) is 8.90. The summed E-state index contributed by atoms with van der Waals surface area (Å²) in [6, 6.07) is 1.87. The second-order valence-corrected chi connectivity index (χ2v) is 3.01. The number of nitrogens with zero attached hydrogens (tertiary/aromatic N) is 2. The standard InChI is InChI=1S/C7H11N2O4P/c1-6(12-3)9(5-4-8)7(2)13-14(10)11/h7H,1,5H2,2-3H3/p+1. The molecule has 0 aromatic carbocycles. The summed E-state index contributed by atoms with van der Waals surface area (Å²) in [6.45, 7) is 5.00. The van der Waals surface area contributed by atoms with Gasteiger partial charge in [-0.05, 0) is 13.5 Å². The molecule has 0 heterocycles. The second-order valence-electron chi connectivity index (χ2n) is 2.33. The van der Waals surface area contributed by atoms with Gasteiger partial charge in [0.05, 0.1) is 13.2 Å². The lowest BCUT2D eigenvalue weighted by Crippen LogP contribution is -2.33. The van der Waals surface area contributed by atoms with Gasteiger partial charge in [-0.15, -0.1) is 4.89 Å². The number of nitriles is 1. The SMILES string of the molecule is C=C(OC)N(CC#N)C(C)O[P+](=O)O. The molecule has 0 aliphatic carbocycles. The minimum absolute atomic E-state index is 0.0307. The molecule has 78 valence electrons. The maximum absolute atomic E-state index is 10.4. The minimum atomic E-state index is -2.71. The fraction of sp³-hybridized carbons (Fsp3) is 0.571. The lowest BCUT2D eigenvalue weighted by Gasteiger charge is -2.24. The van der Waals surface area contributed by atoms with Gasteiger partial charge in [-0.3, -0.25) is 0 Å². The first-order valence-corrected chi connectivity index (χ1v) is 4.85. The van der Waals surface area contributed by atoms with Gasteiger partial charge in [-0.25, -0.2) is 0 Å². The second kappa shape index (κ2) is 6.33. The van der Waals surface area contributed by atoms with Crippen molar-refractivity contribution in [1.82, 2.24) is 4.90 Å². The van der Waals surface area contributed by atoms with Gasteiger partial charge in [-0.1, -0.05) is 4.52 Å². The molecule has 2 unspecified atom stereocenters. The van der Waals surface area contributed by atoms with Gasteiger partial charge in [0, 0.05) is 4.57 Å². The lowest BCUT2D eigenvalue weighted by atomic mass is 10.5. The Morgan fingerprint density at radius 2 is 2.43 bits per heavy atom. The summed E-state index contributed by atoms with van der Waals surface area (Å²) in [6.07, 6.45) is -0.740. The maximum Gasteiger partial charge on any atom is 0.696 e. The van der Waals surface area contributed by atoms with Crippen LogP contribution >= 0.6 is 8.25 Å². The van der Waals surface area contributed by atoms with E-state index in [9.17, 15) is 4.57 Å². The van der Waals surface area contributed by atoms with Crippen molar-refractivity contribution < 1.29 is 18.7 Å². The number of hydrogen-bond donors (Lipinski definition) is 1. The van der Waals surface area contributed by atoms with E-state index in [-0.39, 0.29) is 12.4 Å². The Labute approximate surface area is 83.3 Å². The van der Waals surface area contributed by atoms with Crippen molar-refractivity contribution in [2.24, 2.45) is 0 Å². The molecule has 0 amide bonds. The van der Waals surface area contributed by atoms with E-state index in [0.29, 0.717) is 0 Å². The van der Waals surface area contributed by atoms with Crippen molar-refractivity contribution in [3.05, 3.63) is 12.5 Å². The summed E-state index contributed by atoms with van der Waals surface area (Å²) in [5, 5.41) is 8.48. The Kier molecular flexibility index (Phi) is 5.81. The Balaban J connectivity index is 4.41. The van der Waals surface area contributed by atoms with E-state index in [1.165, 1.54) is 18.9 Å². The van der Waals surface area contributed by atoms with E-state index < -0.39 is 14.5 Å². The van der Waals surface area contributed by atoms with Crippen LogP contribution in [0.25, 0.3) is 0 Å². The van der Waals surface area contributed by atoms with E-state index in [0.717, 1.165) is 0 Å². The predicted octanol–water partition coefficient (Wildman–Crippen LogP) is 0.942. The highest BCUT2D eigenvalue weighted by Crippen LogP contribution is 2.21. The summed E-state index contributed by atoms with van der Waals surface area (Å²) in [5.74, 6) is 0.205. The van der Waals surface area contributed by atoms with Crippen molar-refractivity contribution in [1.29, 1.82) is 5.26 Å². The van der Waals surface area contributed by atoms with Crippen molar-refractivity contribution in [3.8, 4) is 6.07 Å². The van der Waals surface area contributed by atoms with Crippen LogP contribution < -0.4 is 0 Å². The van der Waals surface area contributed by atoms with Gasteiger partial charge in [0.25, 0.3) is 0 Å². The Morgan fingerprint density at radius 3 is 2.79 bits per heavy atom. The molecule has 7 heteroatoms. The molecule has 0 fully saturated rings. The van der Waals surface area contributed by atoms with Crippen molar-refractivity contribution >= 4 is 8.25 Å². The van der Waals surface area contributed by atoms with Gasteiger partial charge in [0.15, 0.2) is 12.1 Å². The van der Waals surface area contributed by atoms with Crippen molar-refractivity contribution in [3.63, 3.8) is 0 Å². The van der Waals surface area contributed by atoms with Crippen LogP contribution in [0.5, 0.6) is 0 Å².